The van der Waals surface area contributed by atoms with Gasteiger partial charge in [0.25, 0.3) is 0 Å². The van der Waals surface area contributed by atoms with Gasteiger partial charge in [-0.25, -0.2) is 4.79 Å². The molecule has 9 heteroatoms. The number of alkyl carbamates (subject to hydrolysis) is 1. The molecule has 158 valence electrons. The molecule has 0 bridgehead atoms. The highest BCUT2D eigenvalue weighted by Gasteiger charge is 2.30. The molecular formula is C20H30N6O3. The Labute approximate surface area is 170 Å². The Bertz CT molecular complexity index is 841. The number of anilines is 1. The summed E-state index contributed by atoms with van der Waals surface area (Å²) in [5.41, 5.74) is 1.81. The Morgan fingerprint density at radius 2 is 2.10 bits per heavy atom. The summed E-state index contributed by atoms with van der Waals surface area (Å²) in [5, 5.41) is 17.0. The average molecular weight is 402 g/mol. The molecule has 0 aromatic carbocycles. The fourth-order valence-electron chi connectivity index (χ4n) is 3.48. The van der Waals surface area contributed by atoms with E-state index in [1.165, 1.54) is 0 Å². The van der Waals surface area contributed by atoms with E-state index in [1.807, 2.05) is 44.6 Å². The number of hydrogen-bond donors (Lipinski definition) is 3. The molecule has 2 heterocycles. The Hall–Kier alpha value is -2.84. The fourth-order valence-corrected chi connectivity index (χ4v) is 3.48. The Balaban J connectivity index is 1.49. The predicted octanol–water partition coefficient (Wildman–Crippen LogP) is 3.14. The monoisotopic (exact) mass is 402 g/mol. The number of carbonyl (C=O) groups excluding carboxylic acids is 2. The van der Waals surface area contributed by atoms with Crippen LogP contribution in [-0.4, -0.2) is 44.1 Å². The van der Waals surface area contributed by atoms with Crippen LogP contribution < -0.4 is 10.6 Å². The number of aromatic nitrogens is 4. The maximum Gasteiger partial charge on any atom is 0.407 e. The van der Waals surface area contributed by atoms with Gasteiger partial charge in [0.1, 0.15) is 6.10 Å². The van der Waals surface area contributed by atoms with E-state index >= 15 is 0 Å². The van der Waals surface area contributed by atoms with Crippen molar-refractivity contribution < 1.29 is 14.3 Å². The SMILES string of the molecule is CC(C)NC(=O)OC1CCC(c2cc(NC(=O)Cc3cnn(C(C)C)c3)n[nH]2)C1. The first-order valence-electron chi connectivity index (χ1n) is 10.2. The number of carbonyl (C=O) groups is 2. The largest absolute Gasteiger partial charge is 0.446 e. The number of nitrogens with zero attached hydrogens (tertiary/aromatic N) is 3. The lowest BCUT2D eigenvalue weighted by atomic mass is 10.0. The summed E-state index contributed by atoms with van der Waals surface area (Å²) in [6.45, 7) is 7.87. The number of aromatic amines is 1. The van der Waals surface area contributed by atoms with E-state index in [-0.39, 0.29) is 42.5 Å². The summed E-state index contributed by atoms with van der Waals surface area (Å²) in [5.74, 6) is 0.599. The van der Waals surface area contributed by atoms with Crippen LogP contribution in [0.3, 0.4) is 0 Å². The quantitative estimate of drug-likeness (QED) is 0.658. The van der Waals surface area contributed by atoms with Crippen molar-refractivity contribution in [2.45, 2.75) is 77.5 Å². The number of hydrogen-bond acceptors (Lipinski definition) is 5. The van der Waals surface area contributed by atoms with Crippen LogP contribution in [-0.2, 0) is 16.0 Å². The van der Waals surface area contributed by atoms with Crippen molar-refractivity contribution >= 4 is 17.8 Å². The molecule has 2 atom stereocenters. The van der Waals surface area contributed by atoms with Gasteiger partial charge in [-0.15, -0.1) is 0 Å². The molecule has 2 amide bonds. The molecule has 2 aromatic rings. The van der Waals surface area contributed by atoms with Crippen molar-refractivity contribution in [1.82, 2.24) is 25.3 Å². The second kappa shape index (κ2) is 9.11. The zero-order valence-corrected chi connectivity index (χ0v) is 17.4. The fraction of sp³-hybridized carbons (Fsp3) is 0.600. The van der Waals surface area contributed by atoms with Crippen molar-refractivity contribution in [3.05, 3.63) is 29.7 Å². The molecule has 0 saturated heterocycles. The van der Waals surface area contributed by atoms with Crippen molar-refractivity contribution in [3.63, 3.8) is 0 Å². The van der Waals surface area contributed by atoms with Gasteiger partial charge < -0.3 is 15.4 Å². The molecular weight excluding hydrogens is 372 g/mol. The Morgan fingerprint density at radius 3 is 2.79 bits per heavy atom. The minimum atomic E-state index is -0.371. The van der Waals surface area contributed by atoms with Crippen LogP contribution in [0.25, 0.3) is 0 Å². The molecule has 3 rings (SSSR count). The highest BCUT2D eigenvalue weighted by atomic mass is 16.6. The molecule has 1 fully saturated rings. The molecule has 3 N–H and O–H groups in total. The summed E-state index contributed by atoms with van der Waals surface area (Å²) in [4.78, 5) is 24.0. The van der Waals surface area contributed by atoms with Crippen LogP contribution in [0.2, 0.25) is 0 Å². The van der Waals surface area contributed by atoms with Crippen molar-refractivity contribution in [3.8, 4) is 0 Å². The molecule has 0 radical (unpaired) electrons. The van der Waals surface area contributed by atoms with E-state index in [4.69, 9.17) is 4.74 Å². The van der Waals surface area contributed by atoms with Crippen LogP contribution in [0.4, 0.5) is 10.6 Å². The Morgan fingerprint density at radius 1 is 1.31 bits per heavy atom. The maximum atomic E-state index is 12.3. The van der Waals surface area contributed by atoms with Gasteiger partial charge in [-0.2, -0.15) is 10.2 Å². The van der Waals surface area contributed by atoms with Crippen molar-refractivity contribution in [1.29, 1.82) is 0 Å². The van der Waals surface area contributed by atoms with Gasteiger partial charge in [0, 0.05) is 36.0 Å². The minimum absolute atomic E-state index is 0.0539. The minimum Gasteiger partial charge on any atom is -0.446 e. The second-order valence-electron chi connectivity index (χ2n) is 8.19. The van der Waals surface area contributed by atoms with E-state index < -0.39 is 0 Å². The number of rotatable bonds is 7. The molecule has 2 aromatic heterocycles. The lowest BCUT2D eigenvalue weighted by Crippen LogP contribution is -2.33. The van der Waals surface area contributed by atoms with Crippen LogP contribution in [0.1, 0.15) is 70.2 Å². The van der Waals surface area contributed by atoms with E-state index in [2.05, 4.69) is 25.9 Å². The molecule has 1 saturated carbocycles. The lowest BCUT2D eigenvalue weighted by Gasteiger charge is -2.14. The number of H-pyrrole nitrogens is 1. The zero-order chi connectivity index (χ0) is 21.0. The topological polar surface area (TPSA) is 114 Å². The van der Waals surface area contributed by atoms with Gasteiger partial charge in [0.2, 0.25) is 5.91 Å². The Kier molecular flexibility index (Phi) is 6.56. The lowest BCUT2D eigenvalue weighted by molar-refractivity contribution is -0.115. The third-order valence-electron chi connectivity index (χ3n) is 4.92. The van der Waals surface area contributed by atoms with Crippen molar-refractivity contribution in [2.75, 3.05) is 5.32 Å². The van der Waals surface area contributed by atoms with E-state index in [0.717, 1.165) is 30.5 Å². The number of nitrogens with one attached hydrogen (secondary N) is 3. The molecule has 29 heavy (non-hydrogen) atoms. The first-order valence-corrected chi connectivity index (χ1v) is 10.2. The van der Waals surface area contributed by atoms with E-state index in [1.54, 1.807) is 6.20 Å². The molecule has 2 unspecified atom stereocenters. The number of amides is 2. The average Bonchev–Trinajstić information content (AvgIpc) is 3.34. The third-order valence-corrected chi connectivity index (χ3v) is 4.92. The summed E-state index contributed by atoms with van der Waals surface area (Å²) < 4.78 is 7.30. The summed E-state index contributed by atoms with van der Waals surface area (Å²) in [7, 11) is 0. The van der Waals surface area contributed by atoms with Gasteiger partial charge >= 0.3 is 6.09 Å². The summed E-state index contributed by atoms with van der Waals surface area (Å²) in [6.07, 6.45) is 5.84. The van der Waals surface area contributed by atoms with Gasteiger partial charge in [0.05, 0.1) is 12.6 Å². The smallest absolute Gasteiger partial charge is 0.407 e. The standard InChI is InChI=1S/C20H30N6O3/c1-12(2)22-20(28)29-16-6-5-15(8-16)17-9-18(25-24-17)23-19(27)7-14-10-21-26(11-14)13(3)4/h9-13,15-16H,5-8H2,1-4H3,(H,22,28)(H2,23,24,25,27). The third kappa shape index (κ3) is 5.82. The van der Waals surface area contributed by atoms with Crippen LogP contribution >= 0.6 is 0 Å². The van der Waals surface area contributed by atoms with Crippen molar-refractivity contribution in [2.24, 2.45) is 0 Å². The van der Waals surface area contributed by atoms with Crippen LogP contribution in [0, 0.1) is 0 Å². The maximum absolute atomic E-state index is 12.3. The zero-order valence-electron chi connectivity index (χ0n) is 17.4. The van der Waals surface area contributed by atoms with E-state index in [0.29, 0.717) is 5.82 Å². The second-order valence-corrected chi connectivity index (χ2v) is 8.19. The number of ether oxygens (including phenoxy) is 1. The molecule has 0 spiro atoms. The molecule has 0 aliphatic heterocycles. The van der Waals surface area contributed by atoms with Gasteiger partial charge in [-0.1, -0.05) is 0 Å². The summed E-state index contributed by atoms with van der Waals surface area (Å²) in [6, 6.07) is 2.17. The summed E-state index contributed by atoms with van der Waals surface area (Å²) >= 11 is 0. The molecule has 9 nitrogen and oxygen atoms in total. The molecule has 1 aliphatic carbocycles. The normalized spacial score (nSPS) is 19.0. The first kappa shape index (κ1) is 20.9. The van der Waals surface area contributed by atoms with Gasteiger partial charge in [-0.3, -0.25) is 14.6 Å². The van der Waals surface area contributed by atoms with Crippen LogP contribution in [0.5, 0.6) is 0 Å². The van der Waals surface area contributed by atoms with Crippen LogP contribution in [0.15, 0.2) is 18.5 Å². The predicted molar refractivity (Wildman–Crippen MR) is 109 cm³/mol. The van der Waals surface area contributed by atoms with Gasteiger partial charge in [-0.05, 0) is 52.5 Å². The highest BCUT2D eigenvalue weighted by molar-refractivity contribution is 5.91. The van der Waals surface area contributed by atoms with E-state index in [9.17, 15) is 9.59 Å². The first-order chi connectivity index (χ1) is 13.8. The highest BCUT2D eigenvalue weighted by Crippen LogP contribution is 2.35. The molecule has 1 aliphatic rings. The van der Waals surface area contributed by atoms with Gasteiger partial charge in [0.15, 0.2) is 5.82 Å².